The third kappa shape index (κ3) is 4.51. The van der Waals surface area contributed by atoms with Crippen molar-refractivity contribution in [2.45, 2.75) is 33.2 Å². The van der Waals surface area contributed by atoms with E-state index in [1.54, 1.807) is 26.8 Å². The molecule has 1 aromatic carbocycles. The smallest absolute Gasteiger partial charge is 0.361 e. The van der Waals surface area contributed by atoms with Crippen LogP contribution in [0.15, 0.2) is 24.3 Å². The molecule has 28 heavy (non-hydrogen) atoms. The molecule has 0 aliphatic rings. The molecular weight excluding hydrogens is 371 g/mol. The normalized spacial score (nSPS) is 11.6. The molecule has 0 unspecified atom stereocenters. The van der Waals surface area contributed by atoms with Gasteiger partial charge in [0, 0.05) is 0 Å². The van der Waals surface area contributed by atoms with E-state index < -0.39 is 29.7 Å². The number of para-hydroxylation sites is 1. The maximum atomic E-state index is 13.8. The predicted molar refractivity (Wildman–Crippen MR) is 96.3 cm³/mol. The second kappa shape index (κ2) is 9.58. The molecule has 1 N–H and O–H groups in total. The molecule has 2 rings (SSSR count). The molecule has 150 valence electrons. The van der Waals surface area contributed by atoms with Crippen molar-refractivity contribution in [2.75, 3.05) is 18.5 Å². The fraction of sp³-hybridized carbons (Fsp3) is 0.389. The molecule has 0 bridgehead atoms. The highest BCUT2D eigenvalue weighted by Gasteiger charge is 2.33. The number of hydrogen-bond donors (Lipinski definition) is 1. The second-order valence-electron chi connectivity index (χ2n) is 5.57. The summed E-state index contributed by atoms with van der Waals surface area (Å²) >= 11 is 0. The summed E-state index contributed by atoms with van der Waals surface area (Å²) in [6.07, 6.45) is 0.193. The van der Waals surface area contributed by atoms with Crippen LogP contribution in [0.5, 0.6) is 0 Å². The maximum Gasteiger partial charge on any atom is 0.361 e. The molecule has 1 amide bonds. The average molecular weight is 392 g/mol. The highest BCUT2D eigenvalue weighted by Crippen LogP contribution is 2.21. The number of nitrogens with zero attached hydrogens (tertiary/aromatic N) is 3. The summed E-state index contributed by atoms with van der Waals surface area (Å²) in [6, 6.07) is 4.63. The van der Waals surface area contributed by atoms with Gasteiger partial charge in [-0.05, 0) is 32.4 Å². The van der Waals surface area contributed by atoms with Crippen LogP contribution in [0.2, 0.25) is 0 Å². The zero-order chi connectivity index (χ0) is 20.7. The zero-order valence-electron chi connectivity index (χ0n) is 15.8. The van der Waals surface area contributed by atoms with E-state index in [2.05, 4.69) is 15.6 Å². The molecule has 0 spiro atoms. The Balaban J connectivity index is 2.42. The number of aromatic nitrogens is 3. The second-order valence-corrected chi connectivity index (χ2v) is 5.57. The van der Waals surface area contributed by atoms with Crippen LogP contribution in [-0.2, 0) is 14.3 Å². The van der Waals surface area contributed by atoms with E-state index in [4.69, 9.17) is 9.47 Å². The Bertz CT molecular complexity index is 867. The van der Waals surface area contributed by atoms with Crippen molar-refractivity contribution in [3.8, 4) is 0 Å². The van der Waals surface area contributed by atoms with Crippen molar-refractivity contribution in [2.24, 2.45) is 0 Å². The fourth-order valence-electron chi connectivity index (χ4n) is 2.49. The number of hydrogen-bond acceptors (Lipinski definition) is 7. The molecule has 9 nitrogen and oxygen atoms in total. The summed E-state index contributed by atoms with van der Waals surface area (Å²) in [5.41, 5.74) is -0.664. The summed E-state index contributed by atoms with van der Waals surface area (Å²) in [6.45, 7) is 4.98. The zero-order valence-corrected chi connectivity index (χ0v) is 15.8. The van der Waals surface area contributed by atoms with Crippen molar-refractivity contribution >= 4 is 23.5 Å². The van der Waals surface area contributed by atoms with Crippen LogP contribution < -0.4 is 5.32 Å². The van der Waals surface area contributed by atoms with Gasteiger partial charge in [-0.2, -0.15) is 0 Å². The van der Waals surface area contributed by atoms with Gasteiger partial charge in [-0.15, -0.1) is 5.10 Å². The monoisotopic (exact) mass is 392 g/mol. The van der Waals surface area contributed by atoms with E-state index >= 15 is 0 Å². The van der Waals surface area contributed by atoms with E-state index in [-0.39, 0.29) is 36.7 Å². The van der Waals surface area contributed by atoms with Gasteiger partial charge in [-0.1, -0.05) is 24.3 Å². The van der Waals surface area contributed by atoms with Crippen molar-refractivity contribution < 1.29 is 28.2 Å². The summed E-state index contributed by atoms with van der Waals surface area (Å²) < 4.78 is 24.7. The van der Waals surface area contributed by atoms with Crippen molar-refractivity contribution in [3.63, 3.8) is 0 Å². The Kier molecular flexibility index (Phi) is 7.19. The van der Waals surface area contributed by atoms with Crippen molar-refractivity contribution in [3.05, 3.63) is 41.5 Å². The summed E-state index contributed by atoms with van der Waals surface area (Å²) in [5.74, 6) is -2.96. The van der Waals surface area contributed by atoms with Crippen LogP contribution >= 0.6 is 0 Å². The number of nitrogens with one attached hydrogen (secondary N) is 1. The van der Waals surface area contributed by atoms with E-state index in [0.717, 1.165) is 4.68 Å². The summed E-state index contributed by atoms with van der Waals surface area (Å²) in [4.78, 5) is 37.2. The minimum absolute atomic E-state index is 0.0191. The summed E-state index contributed by atoms with van der Waals surface area (Å²) in [7, 11) is 0. The van der Waals surface area contributed by atoms with Gasteiger partial charge in [0.25, 0.3) is 0 Å². The van der Waals surface area contributed by atoms with E-state index in [0.29, 0.717) is 0 Å². The lowest BCUT2D eigenvalue weighted by atomic mass is 10.2. The van der Waals surface area contributed by atoms with Crippen molar-refractivity contribution in [1.29, 1.82) is 0 Å². The largest absolute Gasteiger partial charge is 0.461 e. The first-order valence-electron chi connectivity index (χ1n) is 8.79. The number of carbonyl (C=O) groups excluding carboxylic acids is 3. The Morgan fingerprint density at radius 3 is 2.36 bits per heavy atom. The molecule has 0 aliphatic heterocycles. The predicted octanol–water partition coefficient (Wildman–Crippen LogP) is 2.36. The summed E-state index contributed by atoms with van der Waals surface area (Å²) in [5, 5.41) is 9.94. The first-order chi connectivity index (χ1) is 13.4. The van der Waals surface area contributed by atoms with Gasteiger partial charge < -0.3 is 14.8 Å². The van der Waals surface area contributed by atoms with Crippen LogP contribution in [-0.4, -0.2) is 46.1 Å². The highest BCUT2D eigenvalue weighted by molar-refractivity contribution is 6.01. The van der Waals surface area contributed by atoms with Gasteiger partial charge in [0.15, 0.2) is 5.69 Å². The number of amides is 1. The fourth-order valence-corrected chi connectivity index (χ4v) is 2.49. The van der Waals surface area contributed by atoms with Gasteiger partial charge in [0.1, 0.15) is 11.9 Å². The number of benzene rings is 1. The van der Waals surface area contributed by atoms with E-state index in [1.807, 2.05) is 0 Å². The van der Waals surface area contributed by atoms with Crippen LogP contribution in [0, 0.1) is 5.82 Å². The Morgan fingerprint density at radius 2 is 1.75 bits per heavy atom. The Morgan fingerprint density at radius 1 is 1.11 bits per heavy atom. The van der Waals surface area contributed by atoms with Crippen LogP contribution in [0.4, 0.5) is 10.1 Å². The van der Waals surface area contributed by atoms with Crippen LogP contribution in [0.3, 0.4) is 0 Å². The molecule has 2 aromatic rings. The van der Waals surface area contributed by atoms with Gasteiger partial charge in [-0.25, -0.2) is 18.7 Å². The Hall–Kier alpha value is -3.30. The van der Waals surface area contributed by atoms with E-state index in [9.17, 15) is 18.8 Å². The standard InChI is InChI=1S/C18H21FN4O5/c1-4-13(16(24)20-12-10-8-7-9-11(12)19)23-15(18(26)28-6-3)14(21-22-23)17(25)27-5-2/h7-10,13H,4-6H2,1-3H3,(H,20,24)/t13-/m1/s1. The minimum Gasteiger partial charge on any atom is -0.461 e. The van der Waals surface area contributed by atoms with Crippen LogP contribution in [0.25, 0.3) is 0 Å². The highest BCUT2D eigenvalue weighted by atomic mass is 19.1. The number of rotatable bonds is 8. The molecule has 1 aromatic heterocycles. The topological polar surface area (TPSA) is 112 Å². The lowest BCUT2D eigenvalue weighted by Gasteiger charge is -2.17. The van der Waals surface area contributed by atoms with Gasteiger partial charge in [0.2, 0.25) is 11.6 Å². The number of halogens is 1. The minimum atomic E-state index is -1.03. The third-order valence-electron chi connectivity index (χ3n) is 3.75. The Labute approximate surface area is 160 Å². The first-order valence-corrected chi connectivity index (χ1v) is 8.79. The molecule has 0 aliphatic carbocycles. The lowest BCUT2D eigenvalue weighted by Crippen LogP contribution is -2.30. The maximum absolute atomic E-state index is 13.8. The number of anilines is 1. The molecular formula is C18H21FN4O5. The van der Waals surface area contributed by atoms with E-state index in [1.165, 1.54) is 18.2 Å². The molecule has 10 heteroatoms. The number of esters is 2. The molecule has 1 atom stereocenters. The van der Waals surface area contributed by atoms with Gasteiger partial charge in [0.05, 0.1) is 18.9 Å². The van der Waals surface area contributed by atoms with Crippen LogP contribution in [0.1, 0.15) is 54.2 Å². The third-order valence-corrected chi connectivity index (χ3v) is 3.75. The molecule has 0 saturated carbocycles. The van der Waals surface area contributed by atoms with Crippen molar-refractivity contribution in [1.82, 2.24) is 15.0 Å². The molecule has 1 heterocycles. The first kappa shape index (κ1) is 21.0. The SMILES string of the molecule is CCOC(=O)c1nnn([C@H](CC)C(=O)Nc2ccccc2F)c1C(=O)OCC. The number of ether oxygens (including phenoxy) is 2. The van der Waals surface area contributed by atoms with Gasteiger partial charge >= 0.3 is 11.9 Å². The molecule has 0 radical (unpaired) electrons. The number of carbonyl (C=O) groups is 3. The molecule has 0 fully saturated rings. The average Bonchev–Trinajstić information content (AvgIpc) is 3.09. The lowest BCUT2D eigenvalue weighted by molar-refractivity contribution is -0.119. The molecule has 0 saturated heterocycles. The quantitative estimate of drug-likeness (QED) is 0.686. The van der Waals surface area contributed by atoms with Gasteiger partial charge in [-0.3, -0.25) is 4.79 Å².